The number of rotatable bonds is 0. The Labute approximate surface area is 84.3 Å². The van der Waals surface area contributed by atoms with Gasteiger partial charge in [-0.05, 0) is 18.1 Å². The van der Waals surface area contributed by atoms with E-state index in [-0.39, 0.29) is 12.2 Å². The third-order valence-corrected chi connectivity index (χ3v) is 2.43. The van der Waals surface area contributed by atoms with Crippen LogP contribution in [0.1, 0.15) is 12.0 Å². The second-order valence-electron chi connectivity index (χ2n) is 3.49. The summed E-state index contributed by atoms with van der Waals surface area (Å²) in [5.41, 5.74) is 0.687. The van der Waals surface area contributed by atoms with E-state index in [2.05, 4.69) is 4.74 Å². The molecule has 0 spiro atoms. The summed E-state index contributed by atoms with van der Waals surface area (Å²) < 4.78 is 41.9. The van der Waals surface area contributed by atoms with Crippen LogP contribution in [0.2, 0.25) is 0 Å². The molecule has 0 amide bonds. The molecule has 1 N–H and O–H groups in total. The van der Waals surface area contributed by atoms with Crippen molar-refractivity contribution in [3.05, 3.63) is 29.8 Å². The maximum Gasteiger partial charge on any atom is 0.455 e. The van der Waals surface area contributed by atoms with Gasteiger partial charge in [-0.1, -0.05) is 18.2 Å². The molecule has 82 valence electrons. The Morgan fingerprint density at radius 2 is 1.93 bits per heavy atom. The van der Waals surface area contributed by atoms with E-state index < -0.39 is 18.4 Å². The zero-order valence-corrected chi connectivity index (χ0v) is 7.71. The van der Waals surface area contributed by atoms with Gasteiger partial charge in [-0.15, -0.1) is 0 Å². The van der Waals surface area contributed by atoms with Crippen molar-refractivity contribution in [3.8, 4) is 5.75 Å². The lowest BCUT2D eigenvalue weighted by atomic mass is 9.99. The van der Waals surface area contributed by atoms with Crippen LogP contribution in [0.5, 0.6) is 5.75 Å². The normalized spacial score (nSPS) is 25.6. The number of para-hydroxylation sites is 1. The van der Waals surface area contributed by atoms with Gasteiger partial charge in [0, 0.05) is 6.42 Å². The molecule has 0 aliphatic carbocycles. The molecule has 1 aliphatic heterocycles. The highest BCUT2D eigenvalue weighted by Crippen LogP contribution is 2.40. The van der Waals surface area contributed by atoms with E-state index in [1.165, 1.54) is 6.07 Å². The van der Waals surface area contributed by atoms with Crippen molar-refractivity contribution in [2.45, 2.75) is 24.8 Å². The molecule has 2 nitrogen and oxygen atoms in total. The van der Waals surface area contributed by atoms with Gasteiger partial charge in [0.25, 0.3) is 0 Å². The first-order valence-corrected chi connectivity index (χ1v) is 4.48. The molecule has 0 aromatic heterocycles. The molecule has 0 saturated carbocycles. The topological polar surface area (TPSA) is 29.5 Å². The van der Waals surface area contributed by atoms with E-state index in [4.69, 9.17) is 0 Å². The molecule has 0 saturated heterocycles. The van der Waals surface area contributed by atoms with Gasteiger partial charge in [-0.3, -0.25) is 0 Å². The zero-order chi connectivity index (χ0) is 11.1. The maximum atomic E-state index is 12.4. The quantitative estimate of drug-likeness (QED) is 0.723. The molecule has 1 aromatic carbocycles. The van der Waals surface area contributed by atoms with Crippen LogP contribution in [0, 0.1) is 0 Å². The Hall–Kier alpha value is -1.23. The highest BCUT2D eigenvalue weighted by molar-refractivity contribution is 5.35. The average molecular weight is 218 g/mol. The van der Waals surface area contributed by atoms with Crippen molar-refractivity contribution < 1.29 is 23.0 Å². The SMILES string of the molecule is OC1(C(F)(F)F)CCc2ccccc2O1. The summed E-state index contributed by atoms with van der Waals surface area (Å²) in [5.74, 6) is -2.94. The minimum absolute atomic E-state index is 0.101. The van der Waals surface area contributed by atoms with Crippen molar-refractivity contribution in [3.63, 3.8) is 0 Å². The number of fused-ring (bicyclic) bond motifs is 1. The number of aliphatic hydroxyl groups is 1. The molecule has 1 atom stereocenters. The lowest BCUT2D eigenvalue weighted by Crippen LogP contribution is -2.52. The predicted octanol–water partition coefficient (Wildman–Crippen LogP) is 2.26. The van der Waals surface area contributed by atoms with Crippen molar-refractivity contribution in [2.75, 3.05) is 0 Å². The van der Waals surface area contributed by atoms with Crippen LogP contribution in [0.15, 0.2) is 24.3 Å². The van der Waals surface area contributed by atoms with Gasteiger partial charge < -0.3 is 9.84 Å². The van der Waals surface area contributed by atoms with Crippen LogP contribution in [-0.2, 0) is 6.42 Å². The number of alkyl halides is 3. The molecule has 1 aliphatic rings. The predicted molar refractivity (Wildman–Crippen MR) is 46.4 cm³/mol. The monoisotopic (exact) mass is 218 g/mol. The molecule has 5 heteroatoms. The third-order valence-electron chi connectivity index (χ3n) is 2.43. The maximum absolute atomic E-state index is 12.4. The summed E-state index contributed by atoms with van der Waals surface area (Å²) in [5, 5.41) is 9.31. The minimum atomic E-state index is -4.76. The van der Waals surface area contributed by atoms with Crippen molar-refractivity contribution >= 4 is 0 Å². The number of hydrogen-bond acceptors (Lipinski definition) is 2. The largest absolute Gasteiger partial charge is 0.455 e. The van der Waals surface area contributed by atoms with Crippen LogP contribution < -0.4 is 4.74 Å². The standard InChI is InChI=1S/C10H9F3O2/c11-10(12,13)9(14)6-5-7-3-1-2-4-8(7)15-9/h1-4,14H,5-6H2. The van der Waals surface area contributed by atoms with Crippen LogP contribution in [-0.4, -0.2) is 17.1 Å². The van der Waals surface area contributed by atoms with E-state index in [9.17, 15) is 18.3 Å². The summed E-state index contributed by atoms with van der Waals surface area (Å²) in [6.07, 6.45) is -5.07. The third kappa shape index (κ3) is 1.67. The second kappa shape index (κ2) is 3.13. The Balaban J connectivity index is 2.33. The number of ether oxygens (including phenoxy) is 1. The van der Waals surface area contributed by atoms with Gasteiger partial charge in [0.05, 0.1) is 0 Å². The van der Waals surface area contributed by atoms with Crippen LogP contribution in [0.4, 0.5) is 13.2 Å². The molecule has 1 aromatic rings. The molecule has 0 radical (unpaired) electrons. The van der Waals surface area contributed by atoms with Gasteiger partial charge in [-0.2, -0.15) is 13.2 Å². The Bertz CT molecular complexity index is 375. The van der Waals surface area contributed by atoms with E-state index in [1.54, 1.807) is 18.2 Å². The number of hydrogen-bond donors (Lipinski definition) is 1. The number of halogens is 3. The first kappa shape index (κ1) is 10.3. The summed E-state index contributed by atoms with van der Waals surface area (Å²) in [6, 6.07) is 6.40. The second-order valence-corrected chi connectivity index (χ2v) is 3.49. The lowest BCUT2D eigenvalue weighted by molar-refractivity contribution is -0.340. The molecular weight excluding hydrogens is 209 g/mol. The van der Waals surface area contributed by atoms with Crippen LogP contribution in [0.3, 0.4) is 0 Å². The molecule has 1 unspecified atom stereocenters. The molecule has 15 heavy (non-hydrogen) atoms. The Kier molecular flexibility index (Phi) is 2.15. The highest BCUT2D eigenvalue weighted by Gasteiger charge is 2.57. The first-order valence-electron chi connectivity index (χ1n) is 4.48. The number of benzene rings is 1. The summed E-state index contributed by atoms with van der Waals surface area (Å²) >= 11 is 0. The molecule has 2 rings (SSSR count). The smallest absolute Gasteiger partial charge is 0.453 e. The highest BCUT2D eigenvalue weighted by atomic mass is 19.4. The Morgan fingerprint density at radius 3 is 2.60 bits per heavy atom. The van der Waals surface area contributed by atoms with Crippen LogP contribution in [0.25, 0.3) is 0 Å². The van der Waals surface area contributed by atoms with E-state index in [0.717, 1.165) is 0 Å². The molecule has 0 fully saturated rings. The first-order chi connectivity index (χ1) is 6.92. The van der Waals surface area contributed by atoms with Gasteiger partial charge >= 0.3 is 12.0 Å². The van der Waals surface area contributed by atoms with Gasteiger partial charge in [0.2, 0.25) is 0 Å². The van der Waals surface area contributed by atoms with E-state index in [0.29, 0.717) is 5.56 Å². The fourth-order valence-electron chi connectivity index (χ4n) is 1.55. The Morgan fingerprint density at radius 1 is 1.27 bits per heavy atom. The molecule has 0 bridgehead atoms. The fourth-order valence-corrected chi connectivity index (χ4v) is 1.55. The summed E-state index contributed by atoms with van der Waals surface area (Å²) in [6.45, 7) is 0. The summed E-state index contributed by atoms with van der Waals surface area (Å²) in [4.78, 5) is 0. The van der Waals surface area contributed by atoms with Crippen molar-refractivity contribution in [1.29, 1.82) is 0 Å². The van der Waals surface area contributed by atoms with E-state index in [1.807, 2.05) is 0 Å². The van der Waals surface area contributed by atoms with Gasteiger partial charge in [0.1, 0.15) is 5.75 Å². The van der Waals surface area contributed by atoms with Crippen molar-refractivity contribution in [2.24, 2.45) is 0 Å². The van der Waals surface area contributed by atoms with Gasteiger partial charge in [-0.25, -0.2) is 0 Å². The lowest BCUT2D eigenvalue weighted by Gasteiger charge is -2.35. The molecular formula is C10H9F3O2. The van der Waals surface area contributed by atoms with Crippen LogP contribution >= 0.6 is 0 Å². The van der Waals surface area contributed by atoms with E-state index >= 15 is 0 Å². The minimum Gasteiger partial charge on any atom is -0.453 e. The molecule has 1 heterocycles. The fraction of sp³-hybridized carbons (Fsp3) is 0.400. The average Bonchev–Trinajstić information content (AvgIpc) is 2.16. The van der Waals surface area contributed by atoms with Gasteiger partial charge in [0.15, 0.2) is 0 Å². The zero-order valence-electron chi connectivity index (χ0n) is 7.71. The summed E-state index contributed by atoms with van der Waals surface area (Å²) in [7, 11) is 0. The number of aryl methyl sites for hydroxylation is 1. The van der Waals surface area contributed by atoms with Crippen molar-refractivity contribution in [1.82, 2.24) is 0 Å².